The van der Waals surface area contributed by atoms with Crippen molar-refractivity contribution in [3.05, 3.63) is 51.6 Å². The van der Waals surface area contributed by atoms with Gasteiger partial charge in [0.15, 0.2) is 18.7 Å². The molecule has 4 unspecified atom stereocenters. The third-order valence-corrected chi connectivity index (χ3v) is 11.3. The van der Waals surface area contributed by atoms with Crippen molar-refractivity contribution in [3.63, 3.8) is 0 Å². The fourth-order valence-corrected chi connectivity index (χ4v) is 7.91. The van der Waals surface area contributed by atoms with Crippen LogP contribution in [0, 0.1) is 0 Å². The third-order valence-electron chi connectivity index (χ3n) is 11.3. The highest BCUT2D eigenvalue weighted by atomic mass is 16.7. The van der Waals surface area contributed by atoms with E-state index in [0.29, 0.717) is 13.0 Å². The molecule has 2 aromatic carbocycles. The molecule has 1 heterocycles. The molecule has 9 N–H and O–H groups in total. The maximum atomic E-state index is 13.9. The Morgan fingerprint density at radius 3 is 2.41 bits per heavy atom. The summed E-state index contributed by atoms with van der Waals surface area (Å²) >= 11 is 0. The summed E-state index contributed by atoms with van der Waals surface area (Å²) < 4.78 is 22.3. The molecule has 61 heavy (non-hydrogen) atoms. The van der Waals surface area contributed by atoms with Crippen LogP contribution in [0.25, 0.3) is 0 Å². The largest absolute Gasteiger partial charge is 0.507 e. The van der Waals surface area contributed by atoms with E-state index in [4.69, 9.17) is 24.7 Å². The molecule has 1 saturated heterocycles. The number of aromatic hydroxyl groups is 2. The molecule has 19 heteroatoms. The zero-order valence-corrected chi connectivity index (χ0v) is 34.5. The zero-order chi connectivity index (χ0) is 44.8. The molecule has 19 nitrogen and oxygen atoms in total. The minimum absolute atomic E-state index is 0.0415. The number of hydrogen-bond donors (Lipinski definition) is 8. The van der Waals surface area contributed by atoms with E-state index in [2.05, 4.69) is 16.0 Å². The van der Waals surface area contributed by atoms with Crippen molar-refractivity contribution < 1.29 is 72.9 Å². The van der Waals surface area contributed by atoms with Crippen molar-refractivity contribution in [2.45, 2.75) is 108 Å². The van der Waals surface area contributed by atoms with Crippen LogP contribution < -0.4 is 26.4 Å². The standard InChI is InChI=1S/C42H54N4O15/c1-20(47)26(44-3)9-5-6-13-45-17-22(48)11-12-30(50)46-18-31(51)59-19-29(49)42(57)15-24-34(28(16-42)61-32-14-25(43)37(52)21(2)60-32)41(56)36-35(39(24)54)38(53)23-8-7-10-27(58-4)33(23)40(36)55/h7-8,10,21,25-26,28,32,37,44-45,52,54,56-57H,5-6,9,11-19,43H2,1-4H3,(H,46,50)/t21?,25?,26-,28-,32?,37?,42+/m1/s1. The van der Waals surface area contributed by atoms with Gasteiger partial charge in [-0.1, -0.05) is 18.6 Å². The van der Waals surface area contributed by atoms with Crippen molar-refractivity contribution in [2.24, 2.45) is 5.73 Å². The number of likely N-dealkylation sites (N-methyl/N-ethyl adjacent to an activating group) is 1. The van der Waals surface area contributed by atoms with Crippen molar-refractivity contribution in [1.29, 1.82) is 0 Å². The number of phenolic OH excluding ortho intramolecular Hbond substituents is 2. The van der Waals surface area contributed by atoms with Crippen molar-refractivity contribution >= 4 is 40.8 Å². The highest BCUT2D eigenvalue weighted by molar-refractivity contribution is 6.31. The van der Waals surface area contributed by atoms with E-state index in [1.807, 2.05) is 0 Å². The number of hydrogen-bond acceptors (Lipinski definition) is 18. The Balaban J connectivity index is 1.23. The lowest BCUT2D eigenvalue weighted by Gasteiger charge is -2.42. The van der Waals surface area contributed by atoms with Gasteiger partial charge in [0.2, 0.25) is 17.5 Å². The molecule has 0 saturated carbocycles. The summed E-state index contributed by atoms with van der Waals surface area (Å²) in [4.78, 5) is 90.2. The van der Waals surface area contributed by atoms with Crippen LogP contribution in [0.15, 0.2) is 18.2 Å². The summed E-state index contributed by atoms with van der Waals surface area (Å²) in [6.45, 7) is 2.00. The number of benzene rings is 2. The first-order valence-corrected chi connectivity index (χ1v) is 20.1. The quantitative estimate of drug-likeness (QED) is 0.0420. The first kappa shape index (κ1) is 46.9. The fraction of sp³-hybridized carbons (Fsp3) is 0.548. The average Bonchev–Trinajstić information content (AvgIpc) is 3.22. The highest BCUT2D eigenvalue weighted by Gasteiger charge is 2.50. The fourth-order valence-electron chi connectivity index (χ4n) is 7.91. The number of ketones is 5. The third kappa shape index (κ3) is 10.5. The Labute approximate surface area is 351 Å². The van der Waals surface area contributed by atoms with Gasteiger partial charge in [-0.15, -0.1) is 0 Å². The van der Waals surface area contributed by atoms with Gasteiger partial charge in [0.05, 0.1) is 54.7 Å². The predicted octanol–water partition coefficient (Wildman–Crippen LogP) is -0.0454. The maximum absolute atomic E-state index is 13.9. The van der Waals surface area contributed by atoms with Crippen LogP contribution >= 0.6 is 0 Å². The van der Waals surface area contributed by atoms with E-state index in [-0.39, 0.29) is 71.4 Å². The number of aliphatic hydroxyl groups is 2. The number of amides is 1. The lowest BCUT2D eigenvalue weighted by molar-refractivity contribution is -0.247. The van der Waals surface area contributed by atoms with Crippen LogP contribution in [0.2, 0.25) is 0 Å². The van der Waals surface area contributed by atoms with Crippen LogP contribution in [-0.2, 0) is 44.6 Å². The summed E-state index contributed by atoms with van der Waals surface area (Å²) in [6, 6.07) is 3.24. The Bertz CT molecular complexity index is 2040. The molecular formula is C42H54N4O15. The molecule has 3 aliphatic rings. The Kier molecular flexibility index (Phi) is 15.5. The molecule has 1 amide bonds. The van der Waals surface area contributed by atoms with Crippen LogP contribution in [0.1, 0.15) is 108 Å². The van der Waals surface area contributed by atoms with Gasteiger partial charge in [-0.25, -0.2) is 0 Å². The SMILES string of the molecule is CN[C@H](CCCCNCC(=O)CCC(=O)NCC(=O)OCC(=O)[C@]1(O)Cc2c(O)c3c(c(O)c2[C@H](OC2CC(N)C(O)C(C)O2)C1)C(=O)c1c(OC)cccc1C3=O)C(C)=O. The van der Waals surface area contributed by atoms with Gasteiger partial charge < -0.3 is 61.1 Å². The Morgan fingerprint density at radius 1 is 1.02 bits per heavy atom. The molecule has 2 aliphatic carbocycles. The van der Waals surface area contributed by atoms with Crippen LogP contribution in [0.3, 0.4) is 0 Å². The number of Topliss-reactive ketones (excluding diaryl/α,β-unsaturated/α-hetero) is 3. The van der Waals surface area contributed by atoms with E-state index < -0.39 is 114 Å². The minimum atomic E-state index is -2.46. The molecular weight excluding hydrogens is 800 g/mol. The number of methoxy groups -OCH3 is 1. The minimum Gasteiger partial charge on any atom is -0.507 e. The lowest BCUT2D eigenvalue weighted by Crippen LogP contribution is -2.53. The number of ether oxygens (including phenoxy) is 4. The highest BCUT2D eigenvalue weighted by Crippen LogP contribution is 2.52. The molecule has 0 spiro atoms. The van der Waals surface area contributed by atoms with E-state index >= 15 is 0 Å². The summed E-state index contributed by atoms with van der Waals surface area (Å²) in [5, 5.41) is 54.0. The van der Waals surface area contributed by atoms with E-state index in [1.165, 1.54) is 32.2 Å². The zero-order valence-electron chi connectivity index (χ0n) is 34.5. The Morgan fingerprint density at radius 2 is 1.74 bits per heavy atom. The van der Waals surface area contributed by atoms with Gasteiger partial charge in [-0.3, -0.25) is 33.6 Å². The average molecular weight is 855 g/mol. The van der Waals surface area contributed by atoms with Gasteiger partial charge >= 0.3 is 5.97 Å². The van der Waals surface area contributed by atoms with Crippen LogP contribution in [0.4, 0.5) is 0 Å². The second-order valence-electron chi connectivity index (χ2n) is 15.6. The molecule has 2 aromatic rings. The topological polar surface area (TPSA) is 299 Å². The van der Waals surface area contributed by atoms with Crippen LogP contribution in [0.5, 0.6) is 17.2 Å². The first-order chi connectivity index (χ1) is 28.9. The summed E-state index contributed by atoms with van der Waals surface area (Å²) in [5.41, 5.74) is 1.78. The number of nitrogens with two attached hydrogens (primary N) is 1. The number of fused-ring (bicyclic) bond motifs is 3. The van der Waals surface area contributed by atoms with Gasteiger partial charge in [0, 0.05) is 54.8 Å². The normalized spacial score (nSPS) is 23.6. The van der Waals surface area contributed by atoms with Gasteiger partial charge in [-0.05, 0) is 46.3 Å². The van der Waals surface area contributed by atoms with E-state index in [0.717, 1.165) is 12.8 Å². The van der Waals surface area contributed by atoms with E-state index in [1.54, 1.807) is 14.0 Å². The second kappa shape index (κ2) is 20.1. The van der Waals surface area contributed by atoms with Crippen molar-refractivity contribution in [1.82, 2.24) is 16.0 Å². The number of carbonyl (C=O) groups is 7. The van der Waals surface area contributed by atoms with E-state index in [9.17, 15) is 54.0 Å². The van der Waals surface area contributed by atoms with Crippen molar-refractivity contribution in [2.75, 3.05) is 40.4 Å². The number of aliphatic hydroxyl groups excluding tert-OH is 1. The molecule has 0 aromatic heterocycles. The summed E-state index contributed by atoms with van der Waals surface area (Å²) in [5.74, 6) is -6.07. The predicted molar refractivity (Wildman–Crippen MR) is 213 cm³/mol. The number of rotatable bonds is 20. The number of phenols is 2. The maximum Gasteiger partial charge on any atom is 0.325 e. The van der Waals surface area contributed by atoms with Crippen molar-refractivity contribution in [3.8, 4) is 17.2 Å². The van der Waals surface area contributed by atoms with Gasteiger partial charge in [0.25, 0.3) is 0 Å². The monoisotopic (exact) mass is 854 g/mol. The van der Waals surface area contributed by atoms with Gasteiger partial charge in [-0.2, -0.15) is 0 Å². The van der Waals surface area contributed by atoms with Crippen LogP contribution in [-0.4, -0.2) is 138 Å². The number of esters is 1. The molecule has 1 aliphatic heterocycles. The summed E-state index contributed by atoms with van der Waals surface area (Å²) in [6.07, 6.45) is -4.04. The Hall–Kier alpha value is -5.15. The smallest absolute Gasteiger partial charge is 0.325 e. The first-order valence-electron chi connectivity index (χ1n) is 20.1. The number of nitrogens with one attached hydrogen (secondary N) is 3. The van der Waals surface area contributed by atoms with Gasteiger partial charge in [0.1, 0.15) is 41.0 Å². The molecule has 0 radical (unpaired) electrons. The molecule has 7 atom stereocenters. The summed E-state index contributed by atoms with van der Waals surface area (Å²) in [7, 11) is 3.02. The molecule has 5 rings (SSSR count). The molecule has 0 bridgehead atoms. The number of unbranched alkanes of at least 4 members (excludes halogenated alkanes) is 1. The number of carbonyl (C=O) groups excluding carboxylic acids is 7. The molecule has 1 fully saturated rings. The molecule has 332 valence electrons. The second-order valence-corrected chi connectivity index (χ2v) is 15.6. The lowest BCUT2D eigenvalue weighted by atomic mass is 9.72.